The van der Waals surface area contributed by atoms with Crippen LogP contribution < -0.4 is 10.1 Å². The Balaban J connectivity index is 2.33. The summed E-state index contributed by atoms with van der Waals surface area (Å²) in [6.07, 6.45) is 0.977. The Morgan fingerprint density at radius 3 is 2.50 bits per heavy atom. The van der Waals surface area contributed by atoms with E-state index >= 15 is 0 Å². The summed E-state index contributed by atoms with van der Waals surface area (Å²) in [5.41, 5.74) is 1.11. The lowest BCUT2D eigenvalue weighted by Gasteiger charge is -2.19. The molecule has 4 heteroatoms. The summed E-state index contributed by atoms with van der Waals surface area (Å²) >= 11 is 12.1. The van der Waals surface area contributed by atoms with Gasteiger partial charge in [-0.3, -0.25) is 0 Å². The Hall–Kier alpha value is -1.22. The van der Waals surface area contributed by atoms with Crippen molar-refractivity contribution in [2.45, 2.75) is 19.4 Å². The SMILES string of the molecule is CCC(NC)c1ccccc1Oc1ccc(Cl)cc1Cl. The third kappa shape index (κ3) is 3.45. The molecule has 0 amide bonds. The molecular formula is C16H17Cl2NO. The van der Waals surface area contributed by atoms with Crippen molar-refractivity contribution < 1.29 is 4.74 Å². The summed E-state index contributed by atoms with van der Waals surface area (Å²) < 4.78 is 5.95. The monoisotopic (exact) mass is 309 g/mol. The van der Waals surface area contributed by atoms with E-state index in [2.05, 4.69) is 18.3 Å². The molecule has 2 rings (SSSR count). The third-order valence-corrected chi connectivity index (χ3v) is 3.70. The zero-order valence-corrected chi connectivity index (χ0v) is 13.0. The largest absolute Gasteiger partial charge is 0.455 e. The second-order valence-electron chi connectivity index (χ2n) is 4.46. The van der Waals surface area contributed by atoms with Crippen LogP contribution in [0.2, 0.25) is 10.0 Å². The van der Waals surface area contributed by atoms with Gasteiger partial charge in [-0.1, -0.05) is 48.3 Å². The lowest BCUT2D eigenvalue weighted by atomic mass is 10.0. The Bertz CT molecular complexity index is 582. The van der Waals surface area contributed by atoms with E-state index in [4.69, 9.17) is 27.9 Å². The summed E-state index contributed by atoms with van der Waals surface area (Å²) in [7, 11) is 1.94. The summed E-state index contributed by atoms with van der Waals surface area (Å²) in [4.78, 5) is 0. The fourth-order valence-corrected chi connectivity index (χ4v) is 2.56. The maximum absolute atomic E-state index is 6.15. The van der Waals surface area contributed by atoms with Crippen LogP contribution in [0.25, 0.3) is 0 Å². The summed E-state index contributed by atoms with van der Waals surface area (Å²) in [6, 6.07) is 13.4. The van der Waals surface area contributed by atoms with Gasteiger partial charge in [0.05, 0.1) is 5.02 Å². The second kappa shape index (κ2) is 6.98. The van der Waals surface area contributed by atoms with Crippen molar-refractivity contribution in [3.8, 4) is 11.5 Å². The van der Waals surface area contributed by atoms with Gasteiger partial charge in [-0.25, -0.2) is 0 Å². The number of benzene rings is 2. The first-order valence-corrected chi connectivity index (χ1v) is 7.30. The lowest BCUT2D eigenvalue weighted by molar-refractivity contribution is 0.459. The first-order chi connectivity index (χ1) is 9.65. The maximum Gasteiger partial charge on any atom is 0.146 e. The van der Waals surface area contributed by atoms with E-state index in [9.17, 15) is 0 Å². The Morgan fingerprint density at radius 1 is 1.10 bits per heavy atom. The average Bonchev–Trinajstić information content (AvgIpc) is 2.45. The molecule has 0 aliphatic carbocycles. The molecule has 0 aromatic heterocycles. The van der Waals surface area contributed by atoms with Crippen LogP contribution in [0, 0.1) is 0 Å². The van der Waals surface area contributed by atoms with Crippen molar-refractivity contribution in [3.05, 3.63) is 58.1 Å². The highest BCUT2D eigenvalue weighted by Crippen LogP contribution is 2.35. The smallest absolute Gasteiger partial charge is 0.146 e. The summed E-state index contributed by atoms with van der Waals surface area (Å²) in [5.74, 6) is 1.41. The third-order valence-electron chi connectivity index (χ3n) is 3.16. The molecule has 1 atom stereocenters. The van der Waals surface area contributed by atoms with Crippen molar-refractivity contribution >= 4 is 23.2 Å². The molecule has 20 heavy (non-hydrogen) atoms. The molecule has 0 saturated heterocycles. The number of rotatable bonds is 5. The van der Waals surface area contributed by atoms with E-state index < -0.39 is 0 Å². The Labute approximate surface area is 129 Å². The highest BCUT2D eigenvalue weighted by atomic mass is 35.5. The first-order valence-electron chi connectivity index (χ1n) is 6.54. The van der Waals surface area contributed by atoms with Crippen LogP contribution in [0.5, 0.6) is 11.5 Å². The number of ether oxygens (including phenoxy) is 1. The van der Waals surface area contributed by atoms with Crippen LogP contribution in [0.1, 0.15) is 24.9 Å². The molecule has 2 aromatic rings. The van der Waals surface area contributed by atoms with E-state index in [0.717, 1.165) is 17.7 Å². The van der Waals surface area contributed by atoms with Crippen LogP contribution in [0.4, 0.5) is 0 Å². The van der Waals surface area contributed by atoms with Gasteiger partial charge < -0.3 is 10.1 Å². The van der Waals surface area contributed by atoms with Gasteiger partial charge in [0.1, 0.15) is 11.5 Å². The number of hydrogen-bond donors (Lipinski definition) is 1. The molecule has 0 fully saturated rings. The van der Waals surface area contributed by atoms with Gasteiger partial charge in [0.15, 0.2) is 0 Å². The van der Waals surface area contributed by atoms with Crippen LogP contribution in [-0.2, 0) is 0 Å². The van der Waals surface area contributed by atoms with E-state index in [0.29, 0.717) is 15.8 Å². The molecule has 0 saturated carbocycles. The zero-order valence-electron chi connectivity index (χ0n) is 11.5. The molecule has 0 aliphatic rings. The first kappa shape index (κ1) is 15.2. The number of para-hydroxylation sites is 1. The topological polar surface area (TPSA) is 21.3 Å². The van der Waals surface area contributed by atoms with Gasteiger partial charge in [0.25, 0.3) is 0 Å². The fraction of sp³-hybridized carbons (Fsp3) is 0.250. The number of halogens is 2. The second-order valence-corrected chi connectivity index (χ2v) is 5.31. The van der Waals surface area contributed by atoms with Gasteiger partial charge >= 0.3 is 0 Å². The van der Waals surface area contributed by atoms with E-state index in [-0.39, 0.29) is 6.04 Å². The van der Waals surface area contributed by atoms with Crippen molar-refractivity contribution in [1.29, 1.82) is 0 Å². The molecule has 1 N–H and O–H groups in total. The van der Waals surface area contributed by atoms with Gasteiger partial charge in [0, 0.05) is 16.6 Å². The minimum atomic E-state index is 0.247. The summed E-state index contributed by atoms with van der Waals surface area (Å²) in [6.45, 7) is 2.13. The molecule has 0 spiro atoms. The zero-order chi connectivity index (χ0) is 14.5. The van der Waals surface area contributed by atoms with Gasteiger partial charge in [0.2, 0.25) is 0 Å². The van der Waals surface area contributed by atoms with E-state index in [1.165, 1.54) is 0 Å². The molecule has 0 heterocycles. The molecule has 0 radical (unpaired) electrons. The van der Waals surface area contributed by atoms with Crippen LogP contribution >= 0.6 is 23.2 Å². The van der Waals surface area contributed by atoms with Crippen molar-refractivity contribution in [2.24, 2.45) is 0 Å². The number of hydrogen-bond acceptors (Lipinski definition) is 2. The molecule has 106 valence electrons. The standard InChI is InChI=1S/C16H17Cl2NO/c1-3-14(19-2)12-6-4-5-7-15(12)20-16-9-8-11(17)10-13(16)18/h4-10,14,19H,3H2,1-2H3. The Kier molecular flexibility index (Phi) is 5.30. The molecule has 2 aromatic carbocycles. The van der Waals surface area contributed by atoms with Gasteiger partial charge in [-0.15, -0.1) is 0 Å². The molecule has 2 nitrogen and oxygen atoms in total. The van der Waals surface area contributed by atoms with E-state index in [1.54, 1.807) is 18.2 Å². The fourth-order valence-electron chi connectivity index (χ4n) is 2.12. The predicted octanol–water partition coefficient (Wildman–Crippen LogP) is 5.46. The Morgan fingerprint density at radius 2 is 1.85 bits per heavy atom. The number of nitrogens with one attached hydrogen (secondary N) is 1. The average molecular weight is 310 g/mol. The molecule has 0 bridgehead atoms. The predicted molar refractivity (Wildman–Crippen MR) is 85.1 cm³/mol. The van der Waals surface area contributed by atoms with Crippen molar-refractivity contribution in [3.63, 3.8) is 0 Å². The van der Waals surface area contributed by atoms with Crippen LogP contribution in [0.3, 0.4) is 0 Å². The van der Waals surface area contributed by atoms with Crippen molar-refractivity contribution in [2.75, 3.05) is 7.05 Å². The van der Waals surface area contributed by atoms with E-state index in [1.807, 2.05) is 25.2 Å². The van der Waals surface area contributed by atoms with Crippen LogP contribution in [0.15, 0.2) is 42.5 Å². The van der Waals surface area contributed by atoms with Crippen molar-refractivity contribution in [1.82, 2.24) is 5.32 Å². The minimum Gasteiger partial charge on any atom is -0.455 e. The highest BCUT2D eigenvalue weighted by molar-refractivity contribution is 6.35. The maximum atomic E-state index is 6.15. The van der Waals surface area contributed by atoms with Crippen LogP contribution in [-0.4, -0.2) is 7.05 Å². The quantitative estimate of drug-likeness (QED) is 0.792. The lowest BCUT2D eigenvalue weighted by Crippen LogP contribution is -2.15. The summed E-state index contributed by atoms with van der Waals surface area (Å²) in [5, 5.41) is 4.38. The van der Waals surface area contributed by atoms with Gasteiger partial charge in [-0.05, 0) is 37.7 Å². The minimum absolute atomic E-state index is 0.247. The molecule has 0 aliphatic heterocycles. The molecule has 1 unspecified atom stereocenters. The normalized spacial score (nSPS) is 12.2. The molecular weight excluding hydrogens is 293 g/mol. The highest BCUT2D eigenvalue weighted by Gasteiger charge is 2.14. The van der Waals surface area contributed by atoms with Gasteiger partial charge in [-0.2, -0.15) is 0 Å².